The van der Waals surface area contributed by atoms with Gasteiger partial charge in [0.1, 0.15) is 11.6 Å². The van der Waals surface area contributed by atoms with Crippen LogP contribution in [0.3, 0.4) is 0 Å². The summed E-state index contributed by atoms with van der Waals surface area (Å²) >= 11 is 0. The number of H-pyrrole nitrogens is 2. The van der Waals surface area contributed by atoms with Crippen LogP contribution in [-0.4, -0.2) is 106 Å². The Morgan fingerprint density at radius 1 is 0.521 bits per heavy atom. The first kappa shape index (κ1) is 78.6. The molecule has 2 amide bonds. The maximum absolute atomic E-state index is 10.6. The maximum Gasteiger partial charge on any atom is 0.302 e. The Kier molecular flexibility index (Phi) is 55.3. The number of aromatic amines is 2. The summed E-state index contributed by atoms with van der Waals surface area (Å²) in [5, 5.41) is 20.0. The number of carbonyl (C=O) groups is 7. The van der Waals surface area contributed by atoms with Crippen molar-refractivity contribution in [2.75, 3.05) is 56.9 Å². The van der Waals surface area contributed by atoms with Crippen LogP contribution in [0.1, 0.15) is 88.8 Å². The molecule has 6 aromatic rings. The number of nitrogens with zero attached hydrogens (tertiary/aromatic N) is 2. The van der Waals surface area contributed by atoms with E-state index < -0.39 is 11.9 Å². The molecule has 0 atom stereocenters. The minimum atomic E-state index is -0.833. The van der Waals surface area contributed by atoms with Crippen LogP contribution < -0.4 is 33.6 Å². The number of carboxylic acid groups (broad SMARTS) is 2. The number of nitrogens with two attached hydrogens (primary N) is 4. The number of aliphatic carboxylic acids is 2. The Balaban J connectivity index is -0.000000134. The Morgan fingerprint density at radius 2 is 0.781 bits per heavy atom. The van der Waals surface area contributed by atoms with E-state index in [9.17, 15) is 24.0 Å². The van der Waals surface area contributed by atoms with Crippen molar-refractivity contribution in [1.29, 1.82) is 0 Å². The molecule has 22 heteroatoms. The van der Waals surface area contributed by atoms with Gasteiger partial charge in [0.2, 0.25) is 11.8 Å². The Hall–Kier alpha value is -8.53. The molecule has 0 aliphatic heterocycles. The van der Waals surface area contributed by atoms with Crippen molar-refractivity contribution in [1.82, 2.24) is 25.3 Å². The normalized spacial score (nSPS) is 8.21. The molecular weight excluding hydrogens is 945 g/mol. The molecule has 73 heavy (non-hydrogen) atoms. The van der Waals surface area contributed by atoms with E-state index in [0.717, 1.165) is 60.7 Å². The summed E-state index contributed by atoms with van der Waals surface area (Å²) in [4.78, 5) is 82.1. The van der Waals surface area contributed by atoms with E-state index >= 15 is 0 Å². The van der Waals surface area contributed by atoms with Crippen LogP contribution in [0.2, 0.25) is 0 Å². The van der Waals surface area contributed by atoms with Gasteiger partial charge in [-0.25, -0.2) is 9.97 Å². The molecular formula is C51H84N10O12. The first-order chi connectivity index (χ1) is 33.2. The van der Waals surface area contributed by atoms with E-state index in [1.807, 2.05) is 100 Å². The SMILES string of the molecule is C.C.CC(=O)Nc1ccccc1N.CC(=O)O.CC(=O)O.CCN.CCNC(C)=O.COC(C)=O.COC(C)=O.COC(C)=O.Cc1nc2ccccc2[nH]1.Cc1nc2ccccc2[nH]1.Nc1ccccc1N. The smallest absolute Gasteiger partial charge is 0.302 e. The predicted molar refractivity (Wildman–Crippen MR) is 294 cm³/mol. The van der Waals surface area contributed by atoms with Crippen molar-refractivity contribution in [2.45, 2.75) is 91.0 Å². The summed E-state index contributed by atoms with van der Waals surface area (Å²) in [6, 6.07) is 30.4. The fourth-order valence-corrected chi connectivity index (χ4v) is 3.72. The number of fused-ring (bicyclic) bond motifs is 2. The highest BCUT2D eigenvalue weighted by Crippen LogP contribution is 2.16. The number of benzene rings is 4. The lowest BCUT2D eigenvalue weighted by Gasteiger charge is -2.03. The third-order valence-electron chi connectivity index (χ3n) is 6.57. The first-order valence-corrected chi connectivity index (χ1v) is 21.2. The number of ether oxygens (including phenoxy) is 3. The summed E-state index contributed by atoms with van der Waals surface area (Å²) in [6.45, 7) is 18.4. The zero-order chi connectivity index (χ0) is 55.9. The molecule has 6 rings (SSSR count). The predicted octanol–water partition coefficient (Wildman–Crippen LogP) is 7.92. The van der Waals surface area contributed by atoms with Crippen LogP contribution >= 0.6 is 0 Å². The molecule has 0 spiro atoms. The summed E-state index contributed by atoms with van der Waals surface area (Å²) in [7, 11) is 4.05. The highest BCUT2D eigenvalue weighted by atomic mass is 16.5. The number of esters is 3. The van der Waals surface area contributed by atoms with Gasteiger partial charge in [-0.05, 0) is 75.8 Å². The Morgan fingerprint density at radius 3 is 0.986 bits per heavy atom. The van der Waals surface area contributed by atoms with Crippen molar-refractivity contribution >= 4 is 86.5 Å². The molecule has 0 aliphatic carbocycles. The molecule has 0 radical (unpaired) electrons. The number of aryl methyl sites for hydroxylation is 2. The average molecular weight is 1030 g/mol. The number of methoxy groups -OCH3 is 3. The summed E-state index contributed by atoms with van der Waals surface area (Å²) < 4.78 is 12.3. The lowest BCUT2D eigenvalue weighted by atomic mass is 10.3. The van der Waals surface area contributed by atoms with E-state index in [4.69, 9.17) is 42.7 Å². The number of imidazole rings is 2. The van der Waals surface area contributed by atoms with Gasteiger partial charge in [0, 0.05) is 55.0 Å². The van der Waals surface area contributed by atoms with Gasteiger partial charge in [0.05, 0.1) is 66.1 Å². The molecule has 0 aliphatic rings. The fraction of sp³-hybridized carbons (Fsp3) is 0.353. The zero-order valence-corrected chi connectivity index (χ0v) is 43.3. The minimum Gasteiger partial charge on any atom is -0.481 e. The number of amides is 2. The van der Waals surface area contributed by atoms with Gasteiger partial charge < -0.3 is 68.0 Å². The van der Waals surface area contributed by atoms with Crippen molar-refractivity contribution in [3.05, 3.63) is 109 Å². The largest absolute Gasteiger partial charge is 0.481 e. The van der Waals surface area contributed by atoms with Gasteiger partial charge in [-0.1, -0.05) is 70.3 Å². The van der Waals surface area contributed by atoms with Gasteiger partial charge in [-0.3, -0.25) is 33.6 Å². The number of hydrogen-bond acceptors (Lipinski definition) is 16. The zero-order valence-electron chi connectivity index (χ0n) is 43.3. The average Bonchev–Trinajstić information content (AvgIpc) is 3.87. The summed E-state index contributed by atoms with van der Waals surface area (Å²) in [5.74, 6) is -0.525. The molecule has 0 bridgehead atoms. The number of rotatable bonds is 2. The number of aromatic nitrogens is 4. The second-order valence-electron chi connectivity index (χ2n) is 13.2. The second kappa shape index (κ2) is 51.3. The van der Waals surface area contributed by atoms with Gasteiger partial charge in [0.15, 0.2) is 0 Å². The van der Waals surface area contributed by atoms with Crippen molar-refractivity contribution in [2.24, 2.45) is 5.73 Å². The number of hydrogen-bond donors (Lipinski definition) is 10. The standard InChI is InChI=1S/C8H10N2O.2C8H8N2.C6H8N2.C4H9NO.3C3H6O2.C2H7N.2C2H4O2.2CH4/c1-6(11)10-8-5-3-2-4-7(8)9;2*1-6-9-7-4-2-3-5-8(7)10-6;7-5-3-1-2-4-6(5)8;1-3-5-4(2)6;3*1-3(4)5-2;1-2-3;2*1-2(3)4;;/h2-5H,9H2,1H3,(H,10,11);2*2-5H,1H3,(H,9,10);1-4H,7-8H2;3H2,1-2H3,(H,5,6);3*1-2H3;2-3H2,1H3;2*1H3,(H,3,4);2*1H4. The number of anilines is 4. The molecule has 2 heterocycles. The fourth-order valence-electron chi connectivity index (χ4n) is 3.72. The molecule has 22 nitrogen and oxygen atoms in total. The Labute approximate surface area is 431 Å². The highest BCUT2D eigenvalue weighted by Gasteiger charge is 1.98. The van der Waals surface area contributed by atoms with E-state index in [0.29, 0.717) is 22.7 Å². The van der Waals surface area contributed by atoms with Crippen LogP contribution in [-0.2, 0) is 47.8 Å². The van der Waals surface area contributed by atoms with Crippen molar-refractivity contribution in [3.8, 4) is 0 Å². The molecule has 14 N–H and O–H groups in total. The minimum absolute atomic E-state index is 0. The number of para-hydroxylation sites is 8. The topological polar surface area (TPSA) is 373 Å². The molecule has 4 aromatic carbocycles. The second-order valence-corrected chi connectivity index (χ2v) is 13.2. The lowest BCUT2D eigenvalue weighted by molar-refractivity contribution is -0.138. The molecule has 0 saturated carbocycles. The molecule has 0 fully saturated rings. The van der Waals surface area contributed by atoms with Gasteiger partial charge >= 0.3 is 17.9 Å². The Bertz CT molecular complexity index is 2170. The third-order valence-corrected chi connectivity index (χ3v) is 6.57. The first-order valence-electron chi connectivity index (χ1n) is 21.2. The van der Waals surface area contributed by atoms with Gasteiger partial charge in [-0.15, -0.1) is 0 Å². The quantitative estimate of drug-likeness (QED) is 0.0447. The molecule has 0 saturated heterocycles. The van der Waals surface area contributed by atoms with Crippen LogP contribution in [0.15, 0.2) is 97.1 Å². The summed E-state index contributed by atoms with van der Waals surface area (Å²) in [5.41, 5.74) is 28.0. The van der Waals surface area contributed by atoms with Crippen LogP contribution in [0.4, 0.5) is 22.7 Å². The molecule has 2 aromatic heterocycles. The lowest BCUT2D eigenvalue weighted by Crippen LogP contribution is -2.18. The number of nitrogen functional groups attached to an aromatic ring is 3. The highest BCUT2D eigenvalue weighted by molar-refractivity contribution is 5.92. The van der Waals surface area contributed by atoms with Crippen molar-refractivity contribution in [3.63, 3.8) is 0 Å². The van der Waals surface area contributed by atoms with Crippen LogP contribution in [0.5, 0.6) is 0 Å². The monoisotopic (exact) mass is 1030 g/mol. The van der Waals surface area contributed by atoms with E-state index in [1.165, 1.54) is 55.9 Å². The van der Waals surface area contributed by atoms with Gasteiger partial charge in [-0.2, -0.15) is 0 Å². The maximum atomic E-state index is 10.6. The van der Waals surface area contributed by atoms with Gasteiger partial charge in [0.25, 0.3) is 11.9 Å². The van der Waals surface area contributed by atoms with Crippen LogP contribution in [0.25, 0.3) is 22.1 Å². The number of nitrogens with one attached hydrogen (secondary N) is 4. The van der Waals surface area contributed by atoms with E-state index in [2.05, 4.69) is 44.8 Å². The molecule has 0 unspecified atom stereocenters. The van der Waals surface area contributed by atoms with Crippen molar-refractivity contribution < 1.29 is 58.0 Å². The van der Waals surface area contributed by atoms with E-state index in [1.54, 1.807) is 24.3 Å². The number of carbonyl (C=O) groups excluding carboxylic acids is 5. The van der Waals surface area contributed by atoms with Crippen LogP contribution in [0, 0.1) is 13.8 Å². The third kappa shape index (κ3) is 57.7. The molecule has 410 valence electrons. The van der Waals surface area contributed by atoms with E-state index in [-0.39, 0.29) is 44.6 Å². The number of carboxylic acids is 2. The summed E-state index contributed by atoms with van der Waals surface area (Å²) in [6.07, 6.45) is 0.